The van der Waals surface area contributed by atoms with Crippen molar-refractivity contribution in [2.24, 2.45) is 0 Å². The van der Waals surface area contributed by atoms with Crippen molar-refractivity contribution >= 4 is 29.2 Å². The number of hydrogen-bond donors (Lipinski definition) is 1. The molecular formula is C9H10ClN5O4. The average molecular weight is 288 g/mol. The smallest absolute Gasteiger partial charge is 0.407 e. The van der Waals surface area contributed by atoms with Crippen molar-refractivity contribution in [1.29, 1.82) is 0 Å². The summed E-state index contributed by atoms with van der Waals surface area (Å²) in [5, 5.41) is 19.6. The predicted octanol–water partition coefficient (Wildman–Crippen LogP) is 0.838. The van der Waals surface area contributed by atoms with Gasteiger partial charge in [-0.25, -0.2) is 14.8 Å². The molecule has 0 bridgehead atoms. The maximum absolute atomic E-state index is 11.0. The number of nitro groups is 1. The summed E-state index contributed by atoms with van der Waals surface area (Å²) in [6, 6.07) is 0. The number of hydrogen-bond acceptors (Lipinski definition) is 6. The Morgan fingerprint density at radius 1 is 1.37 bits per heavy atom. The minimum absolute atomic E-state index is 0.120. The van der Waals surface area contributed by atoms with Gasteiger partial charge in [0.05, 0.1) is 4.92 Å². The van der Waals surface area contributed by atoms with Gasteiger partial charge in [0.1, 0.15) is 6.33 Å². The fourth-order valence-corrected chi connectivity index (χ4v) is 2.04. The number of nitrogens with zero attached hydrogens (tertiary/aromatic N) is 5. The van der Waals surface area contributed by atoms with E-state index in [0.29, 0.717) is 13.1 Å². The van der Waals surface area contributed by atoms with E-state index in [2.05, 4.69) is 9.97 Å². The molecule has 0 saturated carbocycles. The van der Waals surface area contributed by atoms with Gasteiger partial charge in [-0.15, -0.1) is 0 Å². The summed E-state index contributed by atoms with van der Waals surface area (Å²) >= 11 is 5.70. The monoisotopic (exact) mass is 287 g/mol. The lowest BCUT2D eigenvalue weighted by atomic mass is 10.3. The second kappa shape index (κ2) is 5.22. The Bertz CT molecular complexity index is 517. The van der Waals surface area contributed by atoms with Gasteiger partial charge in [-0.3, -0.25) is 10.1 Å². The molecule has 1 aromatic heterocycles. The lowest BCUT2D eigenvalue weighted by Crippen LogP contribution is -2.48. The predicted molar refractivity (Wildman–Crippen MR) is 65.5 cm³/mol. The van der Waals surface area contributed by atoms with E-state index < -0.39 is 11.0 Å². The van der Waals surface area contributed by atoms with Crippen LogP contribution < -0.4 is 4.90 Å². The van der Waals surface area contributed by atoms with E-state index in [9.17, 15) is 14.9 Å². The lowest BCUT2D eigenvalue weighted by molar-refractivity contribution is -0.384. The molecule has 2 rings (SSSR count). The molecule has 1 saturated heterocycles. The third-order valence-corrected chi connectivity index (χ3v) is 3.07. The van der Waals surface area contributed by atoms with Crippen molar-refractivity contribution < 1.29 is 14.8 Å². The first-order valence-corrected chi connectivity index (χ1v) is 5.76. The topological polar surface area (TPSA) is 113 Å². The minimum Gasteiger partial charge on any atom is -0.465 e. The first-order chi connectivity index (χ1) is 9.00. The summed E-state index contributed by atoms with van der Waals surface area (Å²) in [5.41, 5.74) is -0.354. The van der Waals surface area contributed by atoms with E-state index in [1.807, 2.05) is 0 Å². The molecule has 1 aliphatic heterocycles. The van der Waals surface area contributed by atoms with Crippen LogP contribution in [-0.2, 0) is 0 Å². The Balaban J connectivity index is 2.22. The van der Waals surface area contributed by atoms with Crippen LogP contribution in [0.1, 0.15) is 0 Å². The lowest BCUT2D eigenvalue weighted by Gasteiger charge is -2.33. The molecular weight excluding hydrogens is 278 g/mol. The molecule has 0 aliphatic carbocycles. The summed E-state index contributed by atoms with van der Waals surface area (Å²) in [7, 11) is 0. The standard InChI is InChI=1S/C9H10ClN5O4/c10-7-6(15(18)19)8(12-5-11-7)13-1-3-14(4-2-13)9(16)17/h5H,1-4H2,(H,16,17). The number of rotatable bonds is 2. The van der Waals surface area contributed by atoms with Gasteiger partial charge < -0.3 is 14.9 Å². The number of anilines is 1. The zero-order chi connectivity index (χ0) is 14.0. The number of carbonyl (C=O) groups is 1. The quantitative estimate of drug-likeness (QED) is 0.487. The number of piperazine rings is 1. The molecule has 10 heteroatoms. The number of halogens is 1. The van der Waals surface area contributed by atoms with E-state index >= 15 is 0 Å². The van der Waals surface area contributed by atoms with Crippen molar-refractivity contribution in [3.8, 4) is 0 Å². The molecule has 1 amide bonds. The summed E-state index contributed by atoms with van der Waals surface area (Å²) < 4.78 is 0. The second-order valence-electron chi connectivity index (χ2n) is 3.85. The molecule has 9 nitrogen and oxygen atoms in total. The third kappa shape index (κ3) is 2.65. The van der Waals surface area contributed by atoms with Gasteiger partial charge in [-0.2, -0.15) is 0 Å². The largest absolute Gasteiger partial charge is 0.465 e. The Hall–Kier alpha value is -2.16. The molecule has 0 unspecified atom stereocenters. The summed E-state index contributed by atoms with van der Waals surface area (Å²) in [6.07, 6.45) is 0.142. The number of aromatic nitrogens is 2. The molecule has 0 spiro atoms. The van der Waals surface area contributed by atoms with E-state index in [-0.39, 0.29) is 29.7 Å². The van der Waals surface area contributed by atoms with E-state index in [1.54, 1.807) is 4.90 Å². The highest BCUT2D eigenvalue weighted by Crippen LogP contribution is 2.31. The molecule has 2 heterocycles. The summed E-state index contributed by atoms with van der Waals surface area (Å²) in [6.45, 7) is 1.16. The van der Waals surface area contributed by atoms with Gasteiger partial charge in [0, 0.05) is 26.2 Å². The SMILES string of the molecule is O=C(O)N1CCN(c2ncnc(Cl)c2[N+](=O)[O-])CC1. The molecule has 0 aromatic carbocycles. The van der Waals surface area contributed by atoms with Gasteiger partial charge in [-0.05, 0) is 0 Å². The fourth-order valence-electron chi connectivity index (χ4n) is 1.85. The number of carboxylic acid groups (broad SMARTS) is 1. The zero-order valence-electron chi connectivity index (χ0n) is 9.69. The Morgan fingerprint density at radius 2 is 2.00 bits per heavy atom. The summed E-state index contributed by atoms with van der Waals surface area (Å²) in [4.78, 5) is 31.4. The molecule has 1 fully saturated rings. The Labute approximate surface area is 112 Å². The molecule has 19 heavy (non-hydrogen) atoms. The molecule has 102 valence electrons. The van der Waals surface area contributed by atoms with Crippen LogP contribution in [-0.4, -0.2) is 57.2 Å². The van der Waals surface area contributed by atoms with Gasteiger partial charge in [0.25, 0.3) is 0 Å². The van der Waals surface area contributed by atoms with Crippen LogP contribution in [0.4, 0.5) is 16.3 Å². The molecule has 0 radical (unpaired) electrons. The van der Waals surface area contributed by atoms with Crippen LogP contribution in [0.15, 0.2) is 6.33 Å². The van der Waals surface area contributed by atoms with Crippen LogP contribution >= 0.6 is 11.6 Å². The van der Waals surface area contributed by atoms with E-state index in [4.69, 9.17) is 16.7 Å². The zero-order valence-corrected chi connectivity index (χ0v) is 10.4. The maximum atomic E-state index is 11.0. The van der Waals surface area contributed by atoms with Crippen molar-refractivity contribution in [1.82, 2.24) is 14.9 Å². The van der Waals surface area contributed by atoms with Crippen LogP contribution in [0.25, 0.3) is 0 Å². The van der Waals surface area contributed by atoms with Crippen molar-refractivity contribution in [3.05, 3.63) is 21.6 Å². The van der Waals surface area contributed by atoms with Gasteiger partial charge >= 0.3 is 11.8 Å². The first kappa shape index (κ1) is 13.3. The first-order valence-electron chi connectivity index (χ1n) is 5.38. The van der Waals surface area contributed by atoms with Crippen molar-refractivity contribution in [2.45, 2.75) is 0 Å². The highest BCUT2D eigenvalue weighted by Gasteiger charge is 2.29. The highest BCUT2D eigenvalue weighted by atomic mass is 35.5. The molecule has 0 atom stereocenters. The van der Waals surface area contributed by atoms with E-state index in [1.165, 1.54) is 4.90 Å². The van der Waals surface area contributed by atoms with Crippen LogP contribution in [0, 0.1) is 10.1 Å². The third-order valence-electron chi connectivity index (χ3n) is 2.79. The van der Waals surface area contributed by atoms with Gasteiger partial charge in [0.15, 0.2) is 0 Å². The van der Waals surface area contributed by atoms with E-state index in [0.717, 1.165) is 6.33 Å². The number of amides is 1. The molecule has 1 N–H and O–H groups in total. The van der Waals surface area contributed by atoms with Crippen molar-refractivity contribution in [3.63, 3.8) is 0 Å². The van der Waals surface area contributed by atoms with Gasteiger partial charge in [-0.1, -0.05) is 11.6 Å². The summed E-state index contributed by atoms with van der Waals surface area (Å²) in [5.74, 6) is 0.120. The maximum Gasteiger partial charge on any atom is 0.407 e. The Morgan fingerprint density at radius 3 is 2.53 bits per heavy atom. The average Bonchev–Trinajstić information content (AvgIpc) is 2.38. The fraction of sp³-hybridized carbons (Fsp3) is 0.444. The van der Waals surface area contributed by atoms with Crippen molar-refractivity contribution in [2.75, 3.05) is 31.1 Å². The highest BCUT2D eigenvalue weighted by molar-refractivity contribution is 6.31. The van der Waals surface area contributed by atoms with Gasteiger partial charge in [0.2, 0.25) is 11.0 Å². The normalized spacial score (nSPS) is 15.4. The van der Waals surface area contributed by atoms with Crippen LogP contribution in [0.2, 0.25) is 5.15 Å². The molecule has 1 aromatic rings. The van der Waals surface area contributed by atoms with Crippen LogP contribution in [0.3, 0.4) is 0 Å². The van der Waals surface area contributed by atoms with Crippen LogP contribution in [0.5, 0.6) is 0 Å². The molecule has 1 aliphatic rings. The second-order valence-corrected chi connectivity index (χ2v) is 4.21. The Kier molecular flexibility index (Phi) is 3.65. The minimum atomic E-state index is -1.00.